The number of ether oxygens (including phenoxy) is 2. The Morgan fingerprint density at radius 2 is 1.72 bits per heavy atom. The summed E-state index contributed by atoms with van der Waals surface area (Å²) < 4.78 is 12.1. The van der Waals surface area contributed by atoms with Gasteiger partial charge in [0.25, 0.3) is 5.91 Å². The Morgan fingerprint density at radius 3 is 2.44 bits per heavy atom. The van der Waals surface area contributed by atoms with Crippen LogP contribution in [0.1, 0.15) is 21.5 Å². The number of aryl methyl sites for hydroxylation is 1. The summed E-state index contributed by atoms with van der Waals surface area (Å²) in [5.74, 6) is 0.902. The number of rotatable bonds is 6. The molecule has 0 aliphatic heterocycles. The standard InChI is InChI=1S/C27H24N6O3/c1-16-7-6-8-18(13-16)30-27(34)23-24-26(32-20-10-5-4-9-19(20)31-24)33(25(23)28)29-15-17-11-12-21(35-2)22(14-17)36-3/h4-15H,28H2,1-3H3,(H,30,34). The van der Waals surface area contributed by atoms with Crippen molar-refractivity contribution >= 4 is 45.8 Å². The largest absolute Gasteiger partial charge is 0.493 e. The van der Waals surface area contributed by atoms with E-state index in [4.69, 9.17) is 25.2 Å². The summed E-state index contributed by atoms with van der Waals surface area (Å²) in [6.07, 6.45) is 1.61. The van der Waals surface area contributed by atoms with Gasteiger partial charge in [-0.25, -0.2) is 9.97 Å². The topological polar surface area (TPSA) is 117 Å². The molecule has 0 radical (unpaired) electrons. The van der Waals surface area contributed by atoms with Crippen molar-refractivity contribution in [1.29, 1.82) is 0 Å². The number of benzene rings is 3. The van der Waals surface area contributed by atoms with Crippen LogP contribution in [0.5, 0.6) is 11.5 Å². The van der Waals surface area contributed by atoms with Crippen molar-refractivity contribution in [3.8, 4) is 11.5 Å². The maximum absolute atomic E-state index is 13.4. The molecule has 180 valence electrons. The number of nitrogens with two attached hydrogens (primary N) is 1. The Bertz CT molecular complexity index is 1640. The van der Waals surface area contributed by atoms with E-state index in [0.717, 1.165) is 11.1 Å². The number of amides is 1. The molecule has 0 aliphatic carbocycles. The van der Waals surface area contributed by atoms with Crippen LogP contribution in [0.25, 0.3) is 22.2 Å². The smallest absolute Gasteiger partial charge is 0.261 e. The lowest BCUT2D eigenvalue weighted by Gasteiger charge is -2.07. The molecule has 0 aliphatic rings. The molecule has 2 aromatic heterocycles. The minimum atomic E-state index is -0.396. The number of methoxy groups -OCH3 is 2. The lowest BCUT2D eigenvalue weighted by molar-refractivity contribution is 0.102. The second-order valence-corrected chi connectivity index (χ2v) is 8.14. The van der Waals surface area contributed by atoms with Gasteiger partial charge in [0.05, 0.1) is 31.5 Å². The highest BCUT2D eigenvalue weighted by Crippen LogP contribution is 2.30. The normalized spacial score (nSPS) is 11.3. The summed E-state index contributed by atoms with van der Waals surface area (Å²) >= 11 is 0. The van der Waals surface area contributed by atoms with E-state index in [2.05, 4.69) is 10.4 Å². The molecule has 2 heterocycles. The van der Waals surface area contributed by atoms with Gasteiger partial charge in [-0.15, -0.1) is 0 Å². The van der Waals surface area contributed by atoms with Crippen molar-refractivity contribution in [3.63, 3.8) is 0 Å². The number of hydrogen-bond acceptors (Lipinski definition) is 7. The molecule has 0 spiro atoms. The third kappa shape index (κ3) is 4.18. The minimum Gasteiger partial charge on any atom is -0.493 e. The average Bonchev–Trinajstić information content (AvgIpc) is 3.15. The fourth-order valence-corrected chi connectivity index (χ4v) is 3.96. The van der Waals surface area contributed by atoms with Gasteiger partial charge in [0.2, 0.25) is 0 Å². The zero-order chi connectivity index (χ0) is 25.2. The highest BCUT2D eigenvalue weighted by Gasteiger charge is 2.24. The molecular weight excluding hydrogens is 456 g/mol. The molecule has 9 heteroatoms. The second kappa shape index (κ2) is 9.38. The first-order chi connectivity index (χ1) is 17.5. The molecule has 0 bridgehead atoms. The molecule has 3 N–H and O–H groups in total. The van der Waals surface area contributed by atoms with Crippen molar-refractivity contribution in [2.75, 3.05) is 25.3 Å². The van der Waals surface area contributed by atoms with Crippen molar-refractivity contribution in [1.82, 2.24) is 14.6 Å². The Hall–Kier alpha value is -4.92. The summed E-state index contributed by atoms with van der Waals surface area (Å²) in [4.78, 5) is 22.8. The molecule has 9 nitrogen and oxygen atoms in total. The third-order valence-corrected chi connectivity index (χ3v) is 5.71. The summed E-state index contributed by atoms with van der Waals surface area (Å²) in [5, 5.41) is 7.47. The first-order valence-electron chi connectivity index (χ1n) is 11.2. The first kappa shape index (κ1) is 22.9. The van der Waals surface area contributed by atoms with Gasteiger partial charge in [-0.2, -0.15) is 9.78 Å². The maximum Gasteiger partial charge on any atom is 0.261 e. The molecular formula is C27H24N6O3. The number of hydrogen-bond donors (Lipinski definition) is 2. The van der Waals surface area contributed by atoms with E-state index in [1.54, 1.807) is 32.6 Å². The average molecular weight is 481 g/mol. The first-order valence-corrected chi connectivity index (χ1v) is 11.2. The number of carbonyl (C=O) groups excluding carboxylic acids is 1. The summed E-state index contributed by atoms with van der Waals surface area (Å²) in [6.45, 7) is 1.95. The van der Waals surface area contributed by atoms with Crippen LogP contribution in [-0.4, -0.2) is 41.0 Å². The monoisotopic (exact) mass is 480 g/mol. The maximum atomic E-state index is 13.4. The fraction of sp³-hybridized carbons (Fsp3) is 0.111. The van der Waals surface area contributed by atoms with Crippen LogP contribution >= 0.6 is 0 Å². The molecule has 3 aromatic carbocycles. The van der Waals surface area contributed by atoms with Gasteiger partial charge in [0.15, 0.2) is 17.1 Å². The number of nitrogens with one attached hydrogen (secondary N) is 1. The number of para-hydroxylation sites is 2. The highest BCUT2D eigenvalue weighted by molar-refractivity contribution is 6.16. The highest BCUT2D eigenvalue weighted by atomic mass is 16.5. The fourth-order valence-electron chi connectivity index (χ4n) is 3.96. The van der Waals surface area contributed by atoms with E-state index in [-0.39, 0.29) is 11.4 Å². The molecule has 0 fully saturated rings. The van der Waals surface area contributed by atoms with Gasteiger partial charge in [-0.05, 0) is 60.5 Å². The van der Waals surface area contributed by atoms with E-state index in [1.165, 1.54) is 4.68 Å². The van der Waals surface area contributed by atoms with Gasteiger partial charge in [-0.3, -0.25) is 4.79 Å². The summed E-state index contributed by atoms with van der Waals surface area (Å²) in [7, 11) is 3.14. The van der Waals surface area contributed by atoms with Gasteiger partial charge < -0.3 is 20.5 Å². The zero-order valence-corrected chi connectivity index (χ0v) is 20.0. The van der Waals surface area contributed by atoms with Crippen LogP contribution in [-0.2, 0) is 0 Å². The van der Waals surface area contributed by atoms with Crippen LogP contribution in [0.15, 0.2) is 71.8 Å². The van der Waals surface area contributed by atoms with Crippen molar-refractivity contribution in [2.45, 2.75) is 6.92 Å². The van der Waals surface area contributed by atoms with Gasteiger partial charge in [0, 0.05) is 5.69 Å². The Kier molecular flexibility index (Phi) is 5.95. The number of anilines is 2. The van der Waals surface area contributed by atoms with Gasteiger partial charge in [0.1, 0.15) is 16.9 Å². The molecule has 5 aromatic rings. The molecule has 0 unspecified atom stereocenters. The Morgan fingerprint density at radius 1 is 0.972 bits per heavy atom. The van der Waals surface area contributed by atoms with Crippen molar-refractivity contribution in [3.05, 3.63) is 83.4 Å². The van der Waals surface area contributed by atoms with E-state index in [1.807, 2.05) is 61.5 Å². The molecule has 0 saturated carbocycles. The van der Waals surface area contributed by atoms with E-state index >= 15 is 0 Å². The molecule has 0 saturated heterocycles. The number of nitrogen functional groups attached to an aromatic ring is 1. The number of aromatic nitrogens is 3. The summed E-state index contributed by atoms with van der Waals surface area (Å²) in [6, 6.07) is 20.4. The molecule has 1 amide bonds. The van der Waals surface area contributed by atoms with Crippen LogP contribution in [0.3, 0.4) is 0 Å². The third-order valence-electron chi connectivity index (χ3n) is 5.71. The Labute approximate surface area is 207 Å². The number of carbonyl (C=O) groups is 1. The lowest BCUT2D eigenvalue weighted by Crippen LogP contribution is -2.14. The summed E-state index contributed by atoms with van der Waals surface area (Å²) in [5.41, 5.74) is 11.2. The molecule has 5 rings (SSSR count). The van der Waals surface area contributed by atoms with Crippen LogP contribution < -0.4 is 20.5 Å². The SMILES string of the molecule is COc1ccc(C=Nn2c(N)c(C(=O)Nc3cccc(C)c3)c3nc4ccccc4nc32)cc1OC. The van der Waals surface area contributed by atoms with Crippen molar-refractivity contribution < 1.29 is 14.3 Å². The van der Waals surface area contributed by atoms with Crippen molar-refractivity contribution in [2.24, 2.45) is 5.10 Å². The van der Waals surface area contributed by atoms with Crippen LogP contribution in [0.2, 0.25) is 0 Å². The number of fused-ring (bicyclic) bond motifs is 2. The van der Waals surface area contributed by atoms with Gasteiger partial charge >= 0.3 is 0 Å². The van der Waals surface area contributed by atoms with Crippen LogP contribution in [0, 0.1) is 6.92 Å². The lowest BCUT2D eigenvalue weighted by atomic mass is 10.2. The molecule has 0 atom stereocenters. The van der Waals surface area contributed by atoms with Gasteiger partial charge in [-0.1, -0.05) is 24.3 Å². The second-order valence-electron chi connectivity index (χ2n) is 8.14. The zero-order valence-electron chi connectivity index (χ0n) is 20.0. The predicted molar refractivity (Wildman–Crippen MR) is 141 cm³/mol. The van der Waals surface area contributed by atoms with E-state index < -0.39 is 5.91 Å². The predicted octanol–water partition coefficient (Wildman–Crippen LogP) is 4.63. The van der Waals surface area contributed by atoms with Crippen LogP contribution in [0.4, 0.5) is 11.5 Å². The van der Waals surface area contributed by atoms with E-state index in [0.29, 0.717) is 39.4 Å². The van der Waals surface area contributed by atoms with E-state index in [9.17, 15) is 4.79 Å². The molecule has 36 heavy (non-hydrogen) atoms. The minimum absolute atomic E-state index is 0.127. The quantitative estimate of drug-likeness (QED) is 0.342. The Balaban J connectivity index is 1.64. The number of nitrogens with zero attached hydrogens (tertiary/aromatic N) is 4.